The van der Waals surface area contributed by atoms with Crippen molar-refractivity contribution < 1.29 is 23.9 Å². The first kappa shape index (κ1) is 25.3. The number of nitrogens with zero attached hydrogens (tertiary/aromatic N) is 2. The first-order chi connectivity index (χ1) is 20.0. The summed E-state index contributed by atoms with van der Waals surface area (Å²) in [4.78, 5) is 48.0. The van der Waals surface area contributed by atoms with Crippen LogP contribution in [0.2, 0.25) is 0 Å². The Labute approximate surface area is 237 Å². The van der Waals surface area contributed by atoms with E-state index in [0.29, 0.717) is 25.3 Å². The molecule has 0 saturated carbocycles. The molecule has 0 aliphatic carbocycles. The highest BCUT2D eigenvalue weighted by Gasteiger charge is 2.53. The van der Waals surface area contributed by atoms with Gasteiger partial charge in [0, 0.05) is 36.2 Å². The molecule has 9 nitrogen and oxygen atoms in total. The quantitative estimate of drug-likeness (QED) is 0.343. The van der Waals surface area contributed by atoms with Gasteiger partial charge < -0.3 is 19.8 Å². The van der Waals surface area contributed by atoms with E-state index in [9.17, 15) is 14.4 Å². The zero-order valence-corrected chi connectivity index (χ0v) is 22.6. The van der Waals surface area contributed by atoms with Gasteiger partial charge in [-0.1, -0.05) is 42.5 Å². The number of urea groups is 1. The number of carbonyl (C=O) groups excluding carboxylic acids is 3. The lowest BCUT2D eigenvalue weighted by Crippen LogP contribution is -2.44. The average molecular weight is 551 g/mol. The number of imide groups is 1. The van der Waals surface area contributed by atoms with Gasteiger partial charge in [0.2, 0.25) is 0 Å². The summed E-state index contributed by atoms with van der Waals surface area (Å²) in [5, 5.41) is 3.96. The van der Waals surface area contributed by atoms with Gasteiger partial charge in [-0.05, 0) is 54.3 Å². The van der Waals surface area contributed by atoms with Crippen molar-refractivity contribution in [3.8, 4) is 5.75 Å². The van der Waals surface area contributed by atoms with Crippen LogP contribution < -0.4 is 15.0 Å². The van der Waals surface area contributed by atoms with Crippen LogP contribution in [0, 0.1) is 0 Å². The molecule has 2 N–H and O–H groups in total. The first-order valence-electron chi connectivity index (χ1n) is 13.9. The Balaban J connectivity index is 1.28. The number of carbonyl (C=O) groups is 3. The standard InChI is InChI=1S/C32H30N4O5/c1-40-20-14-12-19(13-15-20)29-28-24(22-8-2-4-10-25(22)34-28)17-27-31(38)36(32(39)35(27)29)26-11-5-3-9-23(26)30(37)33-18-21-7-6-16-41-21/h2-5,8-15,21,27,29,34H,6-7,16-18H2,1H3,(H,33,37)/t21-,27-,29+/m0/s1. The van der Waals surface area contributed by atoms with Gasteiger partial charge in [0.05, 0.1) is 24.5 Å². The van der Waals surface area contributed by atoms with Gasteiger partial charge in [-0.3, -0.25) is 14.5 Å². The molecule has 2 fully saturated rings. The minimum absolute atomic E-state index is 0.0239. The number of rotatable bonds is 6. The Morgan fingerprint density at radius 2 is 1.83 bits per heavy atom. The molecule has 3 aliphatic rings. The number of methoxy groups -OCH3 is 1. The normalized spacial score (nSPS) is 21.7. The zero-order chi connectivity index (χ0) is 28.1. The number of hydrogen-bond acceptors (Lipinski definition) is 5. The molecule has 9 heteroatoms. The molecule has 41 heavy (non-hydrogen) atoms. The number of aromatic nitrogens is 1. The Morgan fingerprint density at radius 1 is 1.05 bits per heavy atom. The third-order valence-electron chi connectivity index (χ3n) is 8.38. The van der Waals surface area contributed by atoms with E-state index in [0.717, 1.165) is 40.6 Å². The SMILES string of the molecule is COc1ccc([C@@H]2c3[nH]c4ccccc4c3C[C@H]3C(=O)N(c4ccccc4C(=O)NC[C@@H]4CCCO4)C(=O)N23)cc1. The topological polar surface area (TPSA) is 104 Å². The average Bonchev–Trinajstić information content (AvgIpc) is 3.72. The van der Waals surface area contributed by atoms with Crippen LogP contribution in [-0.4, -0.2) is 60.1 Å². The molecule has 4 heterocycles. The van der Waals surface area contributed by atoms with Gasteiger partial charge in [-0.2, -0.15) is 0 Å². The monoisotopic (exact) mass is 550 g/mol. The molecule has 0 unspecified atom stereocenters. The number of ether oxygens (including phenoxy) is 2. The van der Waals surface area contributed by atoms with E-state index in [-0.39, 0.29) is 29.2 Å². The molecule has 3 atom stereocenters. The number of amides is 4. The highest BCUT2D eigenvalue weighted by molar-refractivity contribution is 6.24. The van der Waals surface area contributed by atoms with E-state index in [1.54, 1.807) is 36.3 Å². The van der Waals surface area contributed by atoms with Crippen molar-refractivity contribution in [2.45, 2.75) is 37.5 Å². The molecule has 7 rings (SSSR count). The van der Waals surface area contributed by atoms with Crippen LogP contribution in [-0.2, 0) is 16.0 Å². The van der Waals surface area contributed by atoms with Gasteiger partial charge in [-0.15, -0.1) is 0 Å². The van der Waals surface area contributed by atoms with Gasteiger partial charge in [0.15, 0.2) is 0 Å². The summed E-state index contributed by atoms with van der Waals surface area (Å²) in [6.45, 7) is 1.07. The Kier molecular flexibility index (Phi) is 6.23. The summed E-state index contributed by atoms with van der Waals surface area (Å²) in [6, 6.07) is 20.6. The minimum atomic E-state index is -0.718. The van der Waals surface area contributed by atoms with Crippen molar-refractivity contribution >= 4 is 34.4 Å². The van der Waals surface area contributed by atoms with Crippen LogP contribution in [0.25, 0.3) is 10.9 Å². The fourth-order valence-electron chi connectivity index (χ4n) is 6.40. The second-order valence-electron chi connectivity index (χ2n) is 10.7. The maximum Gasteiger partial charge on any atom is 0.332 e. The molecule has 0 spiro atoms. The highest BCUT2D eigenvalue weighted by atomic mass is 16.5. The molecule has 0 bridgehead atoms. The Hall–Kier alpha value is -4.63. The fourth-order valence-corrected chi connectivity index (χ4v) is 6.40. The van der Waals surface area contributed by atoms with Crippen LogP contribution in [0.1, 0.15) is 46.1 Å². The first-order valence-corrected chi connectivity index (χ1v) is 13.9. The fraction of sp³-hybridized carbons (Fsp3) is 0.281. The Bertz CT molecular complexity index is 1660. The lowest BCUT2D eigenvalue weighted by molar-refractivity contribution is -0.120. The number of H-pyrrole nitrogens is 1. The second kappa shape index (κ2) is 10.1. The number of para-hydroxylation sites is 2. The maximum absolute atomic E-state index is 14.3. The van der Waals surface area contributed by atoms with E-state index in [1.807, 2.05) is 48.5 Å². The predicted molar refractivity (Wildman–Crippen MR) is 153 cm³/mol. The summed E-state index contributed by atoms with van der Waals surface area (Å²) >= 11 is 0. The molecule has 3 aromatic carbocycles. The summed E-state index contributed by atoms with van der Waals surface area (Å²) in [7, 11) is 1.61. The van der Waals surface area contributed by atoms with Gasteiger partial charge in [0.25, 0.3) is 11.8 Å². The molecule has 0 radical (unpaired) electrons. The number of hydrogen-bond donors (Lipinski definition) is 2. The van der Waals surface area contributed by atoms with E-state index >= 15 is 0 Å². The lowest BCUT2D eigenvalue weighted by atomic mass is 9.89. The van der Waals surface area contributed by atoms with E-state index in [1.165, 1.54) is 4.90 Å². The van der Waals surface area contributed by atoms with Crippen LogP contribution >= 0.6 is 0 Å². The summed E-state index contributed by atoms with van der Waals surface area (Å²) < 4.78 is 11.0. The molecular formula is C32H30N4O5. The second-order valence-corrected chi connectivity index (χ2v) is 10.7. The van der Waals surface area contributed by atoms with Crippen molar-refractivity contribution in [1.29, 1.82) is 0 Å². The molecule has 208 valence electrons. The number of nitrogens with one attached hydrogen (secondary N) is 2. The molecular weight excluding hydrogens is 520 g/mol. The molecule has 4 aromatic rings. The Morgan fingerprint density at radius 3 is 2.61 bits per heavy atom. The number of benzene rings is 3. The summed E-state index contributed by atoms with van der Waals surface area (Å²) in [6.07, 6.45) is 2.21. The smallest absolute Gasteiger partial charge is 0.332 e. The van der Waals surface area contributed by atoms with E-state index in [2.05, 4.69) is 10.3 Å². The molecule has 4 amide bonds. The van der Waals surface area contributed by atoms with Crippen LogP contribution in [0.15, 0.2) is 72.8 Å². The van der Waals surface area contributed by atoms with Crippen molar-refractivity contribution in [3.63, 3.8) is 0 Å². The van der Waals surface area contributed by atoms with E-state index < -0.39 is 18.1 Å². The molecule has 1 aromatic heterocycles. The predicted octanol–water partition coefficient (Wildman–Crippen LogP) is 4.57. The maximum atomic E-state index is 14.3. The molecule has 2 saturated heterocycles. The van der Waals surface area contributed by atoms with E-state index in [4.69, 9.17) is 9.47 Å². The third kappa shape index (κ3) is 4.15. The van der Waals surface area contributed by atoms with Crippen LogP contribution in [0.5, 0.6) is 5.75 Å². The minimum Gasteiger partial charge on any atom is -0.497 e. The third-order valence-corrected chi connectivity index (χ3v) is 8.38. The van der Waals surface area contributed by atoms with Crippen molar-refractivity contribution in [2.24, 2.45) is 0 Å². The summed E-state index contributed by atoms with van der Waals surface area (Å²) in [5.74, 6) is 0.0136. The summed E-state index contributed by atoms with van der Waals surface area (Å²) in [5.41, 5.74) is 4.28. The molecule has 3 aliphatic heterocycles. The largest absolute Gasteiger partial charge is 0.497 e. The van der Waals surface area contributed by atoms with Crippen LogP contribution in [0.4, 0.5) is 10.5 Å². The number of anilines is 1. The van der Waals surface area contributed by atoms with Crippen molar-refractivity contribution in [1.82, 2.24) is 15.2 Å². The lowest BCUT2D eigenvalue weighted by Gasteiger charge is -2.36. The van der Waals surface area contributed by atoms with Gasteiger partial charge >= 0.3 is 6.03 Å². The van der Waals surface area contributed by atoms with Crippen LogP contribution in [0.3, 0.4) is 0 Å². The highest BCUT2D eigenvalue weighted by Crippen LogP contribution is 2.45. The van der Waals surface area contributed by atoms with Gasteiger partial charge in [-0.25, -0.2) is 9.69 Å². The zero-order valence-electron chi connectivity index (χ0n) is 22.6. The van der Waals surface area contributed by atoms with Crippen molar-refractivity contribution in [3.05, 3.63) is 95.2 Å². The van der Waals surface area contributed by atoms with Crippen molar-refractivity contribution in [2.75, 3.05) is 25.2 Å². The number of fused-ring (bicyclic) bond motifs is 4. The van der Waals surface area contributed by atoms with Gasteiger partial charge in [0.1, 0.15) is 17.8 Å². The number of aromatic amines is 1.